The van der Waals surface area contributed by atoms with Gasteiger partial charge in [-0.15, -0.1) is 11.8 Å². The number of thioether (sulfide) groups is 1. The third-order valence-corrected chi connectivity index (χ3v) is 4.24. The van der Waals surface area contributed by atoms with Crippen molar-refractivity contribution < 1.29 is 0 Å². The van der Waals surface area contributed by atoms with Crippen LogP contribution in [0.2, 0.25) is 0 Å². The van der Waals surface area contributed by atoms with Crippen LogP contribution in [0.1, 0.15) is 32.6 Å². The molecule has 2 rings (SSSR count). The number of hydrogen-bond acceptors (Lipinski definition) is 2. The van der Waals surface area contributed by atoms with Gasteiger partial charge in [0.1, 0.15) is 0 Å². The third kappa shape index (κ3) is 4.72. The molecule has 17 heavy (non-hydrogen) atoms. The predicted molar refractivity (Wildman–Crippen MR) is 76.7 cm³/mol. The highest BCUT2D eigenvalue weighted by molar-refractivity contribution is 7.99. The van der Waals surface area contributed by atoms with Crippen molar-refractivity contribution in [3.05, 3.63) is 30.3 Å². The van der Waals surface area contributed by atoms with E-state index in [0.29, 0.717) is 0 Å². The second kappa shape index (κ2) is 7.07. The Balaban J connectivity index is 1.68. The Labute approximate surface area is 110 Å². The van der Waals surface area contributed by atoms with Crippen LogP contribution < -0.4 is 0 Å². The van der Waals surface area contributed by atoms with Gasteiger partial charge in [0.2, 0.25) is 0 Å². The first-order valence-corrected chi connectivity index (χ1v) is 7.80. The molecule has 0 atom stereocenters. The molecule has 0 N–H and O–H groups in total. The Morgan fingerprint density at radius 2 is 1.94 bits per heavy atom. The van der Waals surface area contributed by atoms with Crippen LogP contribution in [0.4, 0.5) is 0 Å². The molecule has 0 aliphatic heterocycles. The molecule has 1 aromatic rings. The van der Waals surface area contributed by atoms with Crippen molar-refractivity contribution in [2.45, 2.75) is 43.5 Å². The van der Waals surface area contributed by atoms with E-state index in [0.717, 1.165) is 6.04 Å². The van der Waals surface area contributed by atoms with Crippen molar-refractivity contribution in [3.63, 3.8) is 0 Å². The van der Waals surface area contributed by atoms with E-state index in [-0.39, 0.29) is 0 Å². The topological polar surface area (TPSA) is 3.24 Å². The summed E-state index contributed by atoms with van der Waals surface area (Å²) in [7, 11) is 0. The molecule has 1 aromatic carbocycles. The molecule has 1 aliphatic rings. The van der Waals surface area contributed by atoms with Crippen LogP contribution in [-0.4, -0.2) is 29.8 Å². The van der Waals surface area contributed by atoms with Gasteiger partial charge in [-0.2, -0.15) is 0 Å². The van der Waals surface area contributed by atoms with E-state index < -0.39 is 0 Å². The molecule has 2 heteroatoms. The highest BCUT2D eigenvalue weighted by Gasteiger charge is 2.27. The van der Waals surface area contributed by atoms with Crippen molar-refractivity contribution in [1.82, 2.24) is 4.90 Å². The van der Waals surface area contributed by atoms with Gasteiger partial charge < -0.3 is 0 Å². The molecular formula is C15H23NS. The van der Waals surface area contributed by atoms with Gasteiger partial charge >= 0.3 is 0 Å². The van der Waals surface area contributed by atoms with E-state index in [1.807, 2.05) is 11.8 Å². The molecule has 0 bridgehead atoms. The van der Waals surface area contributed by atoms with E-state index in [2.05, 4.69) is 42.2 Å². The van der Waals surface area contributed by atoms with E-state index in [9.17, 15) is 0 Å². The summed E-state index contributed by atoms with van der Waals surface area (Å²) in [5, 5.41) is 0. The van der Waals surface area contributed by atoms with Crippen LogP contribution in [0, 0.1) is 0 Å². The average Bonchev–Trinajstić information content (AvgIpc) is 3.19. The number of nitrogens with zero attached hydrogens (tertiary/aromatic N) is 1. The summed E-state index contributed by atoms with van der Waals surface area (Å²) < 4.78 is 0. The SMILES string of the molecule is CCCCN(CCSc1ccccc1)C1CC1. The molecule has 0 saturated heterocycles. The maximum absolute atomic E-state index is 2.69. The molecule has 1 nitrogen and oxygen atoms in total. The molecule has 1 saturated carbocycles. The Hall–Kier alpha value is -0.470. The second-order valence-corrected chi connectivity index (χ2v) is 5.95. The monoisotopic (exact) mass is 249 g/mol. The summed E-state index contributed by atoms with van der Waals surface area (Å²) in [5.41, 5.74) is 0. The van der Waals surface area contributed by atoms with Gasteiger partial charge in [-0.3, -0.25) is 4.90 Å². The Morgan fingerprint density at radius 3 is 2.59 bits per heavy atom. The highest BCUT2D eigenvalue weighted by atomic mass is 32.2. The minimum absolute atomic E-state index is 0.915. The highest BCUT2D eigenvalue weighted by Crippen LogP contribution is 2.28. The lowest BCUT2D eigenvalue weighted by Crippen LogP contribution is -2.29. The van der Waals surface area contributed by atoms with Crippen LogP contribution in [0.25, 0.3) is 0 Å². The summed E-state index contributed by atoms with van der Waals surface area (Å²) in [5.74, 6) is 1.23. The van der Waals surface area contributed by atoms with Crippen molar-refractivity contribution in [3.8, 4) is 0 Å². The molecule has 0 radical (unpaired) electrons. The fraction of sp³-hybridized carbons (Fsp3) is 0.600. The lowest BCUT2D eigenvalue weighted by Gasteiger charge is -2.21. The quantitative estimate of drug-likeness (QED) is 0.640. The van der Waals surface area contributed by atoms with E-state index in [4.69, 9.17) is 0 Å². The number of benzene rings is 1. The molecule has 94 valence electrons. The standard InChI is InChI=1S/C15H23NS/c1-2-3-11-16(14-9-10-14)12-13-17-15-7-5-4-6-8-15/h4-8,14H,2-3,9-13H2,1H3. The summed E-state index contributed by atoms with van der Waals surface area (Å²) in [6.07, 6.45) is 5.53. The molecule has 0 amide bonds. The fourth-order valence-corrected chi connectivity index (χ4v) is 2.99. The summed E-state index contributed by atoms with van der Waals surface area (Å²) >= 11 is 1.99. The summed E-state index contributed by atoms with van der Waals surface area (Å²) in [4.78, 5) is 4.10. The Bertz CT molecular complexity index is 308. The normalized spacial score (nSPS) is 15.4. The van der Waals surface area contributed by atoms with Crippen molar-refractivity contribution in [1.29, 1.82) is 0 Å². The lowest BCUT2D eigenvalue weighted by atomic mass is 10.3. The molecular weight excluding hydrogens is 226 g/mol. The maximum atomic E-state index is 2.69. The Kier molecular flexibility index (Phi) is 5.40. The molecule has 0 aromatic heterocycles. The number of hydrogen-bond donors (Lipinski definition) is 0. The summed E-state index contributed by atoms with van der Waals surface area (Å²) in [6, 6.07) is 11.7. The van der Waals surface area contributed by atoms with Crippen LogP contribution in [0.15, 0.2) is 35.2 Å². The van der Waals surface area contributed by atoms with Gasteiger partial charge in [-0.1, -0.05) is 31.5 Å². The van der Waals surface area contributed by atoms with E-state index >= 15 is 0 Å². The molecule has 1 fully saturated rings. The zero-order valence-electron chi connectivity index (χ0n) is 10.8. The van der Waals surface area contributed by atoms with Crippen molar-refractivity contribution in [2.24, 2.45) is 0 Å². The van der Waals surface area contributed by atoms with Crippen molar-refractivity contribution in [2.75, 3.05) is 18.8 Å². The van der Waals surface area contributed by atoms with Crippen LogP contribution in [0.3, 0.4) is 0 Å². The van der Waals surface area contributed by atoms with Crippen LogP contribution >= 0.6 is 11.8 Å². The van der Waals surface area contributed by atoms with Gasteiger partial charge in [0.05, 0.1) is 0 Å². The van der Waals surface area contributed by atoms with Gasteiger partial charge in [0.15, 0.2) is 0 Å². The minimum atomic E-state index is 0.915. The zero-order chi connectivity index (χ0) is 11.9. The van der Waals surface area contributed by atoms with Gasteiger partial charge in [0.25, 0.3) is 0 Å². The van der Waals surface area contributed by atoms with E-state index in [1.54, 1.807) is 0 Å². The first-order chi connectivity index (χ1) is 8.40. The molecule has 0 spiro atoms. The number of rotatable bonds is 8. The lowest BCUT2D eigenvalue weighted by molar-refractivity contribution is 0.275. The van der Waals surface area contributed by atoms with Gasteiger partial charge in [-0.05, 0) is 37.9 Å². The first kappa shape index (κ1) is 13.0. The largest absolute Gasteiger partial charge is 0.300 e. The molecule has 0 heterocycles. The van der Waals surface area contributed by atoms with E-state index in [1.165, 1.54) is 49.4 Å². The van der Waals surface area contributed by atoms with Crippen molar-refractivity contribution >= 4 is 11.8 Å². The molecule has 0 unspecified atom stereocenters. The molecule has 1 aliphatic carbocycles. The van der Waals surface area contributed by atoms with Gasteiger partial charge in [-0.25, -0.2) is 0 Å². The van der Waals surface area contributed by atoms with Crippen LogP contribution in [0.5, 0.6) is 0 Å². The predicted octanol–water partition coefficient (Wildman–Crippen LogP) is 4.04. The minimum Gasteiger partial charge on any atom is -0.300 e. The van der Waals surface area contributed by atoms with Gasteiger partial charge in [0, 0.05) is 23.2 Å². The number of unbranched alkanes of at least 4 members (excludes halogenated alkanes) is 1. The maximum Gasteiger partial charge on any atom is 0.0108 e. The smallest absolute Gasteiger partial charge is 0.0108 e. The third-order valence-electron chi connectivity index (χ3n) is 3.25. The first-order valence-electron chi connectivity index (χ1n) is 6.82. The van der Waals surface area contributed by atoms with Crippen LogP contribution in [-0.2, 0) is 0 Å². The zero-order valence-corrected chi connectivity index (χ0v) is 11.6. The average molecular weight is 249 g/mol. The summed E-state index contributed by atoms with van der Waals surface area (Å²) in [6.45, 7) is 4.84. The fourth-order valence-electron chi connectivity index (χ4n) is 2.08. The Morgan fingerprint density at radius 1 is 1.18 bits per heavy atom. The second-order valence-electron chi connectivity index (χ2n) is 4.78.